The molecule has 6 nitrogen and oxygen atoms in total. The van der Waals surface area contributed by atoms with Crippen molar-refractivity contribution in [1.29, 1.82) is 0 Å². The molecule has 0 aliphatic carbocycles. The van der Waals surface area contributed by atoms with E-state index in [4.69, 9.17) is 0 Å². The first-order valence-electron chi connectivity index (χ1n) is 9.48. The maximum absolute atomic E-state index is 12.0. The summed E-state index contributed by atoms with van der Waals surface area (Å²) in [4.78, 5) is 16.4. The molecule has 0 radical (unpaired) electrons. The van der Waals surface area contributed by atoms with Gasteiger partial charge in [-0.05, 0) is 37.2 Å². The first-order valence-corrected chi connectivity index (χ1v) is 9.48. The number of halogens is 1. The van der Waals surface area contributed by atoms with Crippen LogP contribution in [0.15, 0.2) is 35.3 Å². The highest BCUT2D eigenvalue weighted by molar-refractivity contribution is 14.0. The highest BCUT2D eigenvalue weighted by Gasteiger charge is 2.11. The van der Waals surface area contributed by atoms with Gasteiger partial charge in [0.15, 0.2) is 5.96 Å². The van der Waals surface area contributed by atoms with Crippen LogP contribution in [-0.4, -0.2) is 43.2 Å². The number of guanidine groups is 1. The van der Waals surface area contributed by atoms with Crippen molar-refractivity contribution in [3.63, 3.8) is 0 Å². The van der Waals surface area contributed by atoms with E-state index in [0.29, 0.717) is 24.3 Å². The summed E-state index contributed by atoms with van der Waals surface area (Å²) in [5, 5.41) is 18.5. The number of hydrogen-bond donors (Lipinski definition) is 4. The van der Waals surface area contributed by atoms with Crippen LogP contribution in [0, 0.1) is 11.8 Å². The number of nitrogens with one attached hydrogen (secondary N) is 3. The van der Waals surface area contributed by atoms with Gasteiger partial charge in [-0.1, -0.05) is 44.2 Å². The van der Waals surface area contributed by atoms with Crippen molar-refractivity contribution in [2.75, 3.05) is 26.2 Å². The summed E-state index contributed by atoms with van der Waals surface area (Å²) in [5.41, 5.74) is 1.07. The standard InChI is InChI=1S/C20H34N4O2.HI/c1-4-21-20(23-14-18(10-11-25)12-16(2)3)24-15-19(26)22-13-17-8-6-5-7-9-17;/h5-9,16,18,25H,4,10-15H2,1-3H3,(H,22,26)(H2,21,23,24);1H. The summed E-state index contributed by atoms with van der Waals surface area (Å²) in [6.07, 6.45) is 1.81. The lowest BCUT2D eigenvalue weighted by atomic mass is 9.94. The monoisotopic (exact) mass is 490 g/mol. The zero-order valence-electron chi connectivity index (χ0n) is 16.7. The third kappa shape index (κ3) is 12.6. The Balaban J connectivity index is 0.00000676. The number of aliphatic hydroxyl groups is 1. The van der Waals surface area contributed by atoms with Gasteiger partial charge in [-0.3, -0.25) is 4.79 Å². The van der Waals surface area contributed by atoms with E-state index in [1.807, 2.05) is 37.3 Å². The fraction of sp³-hybridized carbons (Fsp3) is 0.600. The van der Waals surface area contributed by atoms with E-state index in [2.05, 4.69) is 34.8 Å². The molecular weight excluding hydrogens is 455 g/mol. The van der Waals surface area contributed by atoms with Crippen LogP contribution in [-0.2, 0) is 11.3 Å². The van der Waals surface area contributed by atoms with Crippen molar-refractivity contribution in [3.05, 3.63) is 35.9 Å². The number of rotatable bonds is 11. The minimum atomic E-state index is -0.111. The van der Waals surface area contributed by atoms with Crippen LogP contribution in [0.25, 0.3) is 0 Å². The van der Waals surface area contributed by atoms with Crippen molar-refractivity contribution in [1.82, 2.24) is 16.0 Å². The molecule has 0 heterocycles. The number of nitrogens with zero attached hydrogens (tertiary/aromatic N) is 1. The summed E-state index contributed by atoms with van der Waals surface area (Å²) in [6, 6.07) is 9.81. The predicted octanol–water partition coefficient (Wildman–Crippen LogP) is 2.52. The van der Waals surface area contributed by atoms with Crippen LogP contribution in [0.3, 0.4) is 0 Å². The SMILES string of the molecule is CCNC(=NCC(=O)NCc1ccccc1)NCC(CCO)CC(C)C.I. The molecule has 1 rings (SSSR count). The molecule has 1 atom stereocenters. The third-order valence-electron chi connectivity index (χ3n) is 3.96. The molecule has 1 amide bonds. The van der Waals surface area contributed by atoms with Gasteiger partial charge in [-0.25, -0.2) is 4.99 Å². The van der Waals surface area contributed by atoms with E-state index in [1.165, 1.54) is 0 Å². The zero-order chi connectivity index (χ0) is 19.2. The Bertz CT molecular complexity index is 538. The number of aliphatic imine (C=N–C) groups is 1. The second-order valence-electron chi connectivity index (χ2n) is 6.85. The largest absolute Gasteiger partial charge is 0.396 e. The third-order valence-corrected chi connectivity index (χ3v) is 3.96. The highest BCUT2D eigenvalue weighted by Crippen LogP contribution is 2.14. The van der Waals surface area contributed by atoms with Gasteiger partial charge in [0.25, 0.3) is 0 Å². The normalized spacial score (nSPS) is 12.3. The first-order chi connectivity index (χ1) is 12.5. The summed E-state index contributed by atoms with van der Waals surface area (Å²) in [7, 11) is 0. The van der Waals surface area contributed by atoms with Crippen molar-refractivity contribution < 1.29 is 9.90 Å². The number of aliphatic hydroxyl groups excluding tert-OH is 1. The molecule has 154 valence electrons. The van der Waals surface area contributed by atoms with Gasteiger partial charge in [0.05, 0.1) is 0 Å². The Kier molecular flexibility index (Phi) is 14.9. The van der Waals surface area contributed by atoms with Gasteiger partial charge in [-0.15, -0.1) is 24.0 Å². The van der Waals surface area contributed by atoms with Gasteiger partial charge in [0, 0.05) is 26.2 Å². The van der Waals surface area contributed by atoms with Crippen LogP contribution < -0.4 is 16.0 Å². The number of hydrogen-bond acceptors (Lipinski definition) is 3. The first kappa shape index (κ1) is 25.6. The van der Waals surface area contributed by atoms with Crippen molar-refractivity contribution in [3.8, 4) is 0 Å². The molecule has 1 aromatic rings. The fourth-order valence-electron chi connectivity index (χ4n) is 2.74. The lowest BCUT2D eigenvalue weighted by Crippen LogP contribution is -2.41. The molecule has 1 unspecified atom stereocenters. The molecule has 1 aromatic carbocycles. The summed E-state index contributed by atoms with van der Waals surface area (Å²) >= 11 is 0. The van der Waals surface area contributed by atoms with Gasteiger partial charge >= 0.3 is 0 Å². The van der Waals surface area contributed by atoms with E-state index in [-0.39, 0.29) is 43.0 Å². The quantitative estimate of drug-likeness (QED) is 0.218. The molecule has 0 bridgehead atoms. The maximum atomic E-state index is 12.0. The molecule has 4 N–H and O–H groups in total. The fourth-order valence-corrected chi connectivity index (χ4v) is 2.74. The molecule has 0 fully saturated rings. The molecule has 0 aliphatic rings. The van der Waals surface area contributed by atoms with Gasteiger partial charge in [0.2, 0.25) is 5.91 Å². The summed E-state index contributed by atoms with van der Waals surface area (Å²) in [6.45, 7) is 8.59. The average molecular weight is 490 g/mol. The molecule has 0 spiro atoms. The number of carbonyl (C=O) groups excluding carboxylic acids is 1. The molecule has 0 saturated heterocycles. The van der Waals surface area contributed by atoms with Crippen molar-refractivity contribution in [2.24, 2.45) is 16.8 Å². The minimum Gasteiger partial charge on any atom is -0.396 e. The molecule has 7 heteroatoms. The molecular formula is C20H35IN4O2. The average Bonchev–Trinajstić information content (AvgIpc) is 2.62. The second kappa shape index (κ2) is 15.7. The Morgan fingerprint density at radius 3 is 2.44 bits per heavy atom. The van der Waals surface area contributed by atoms with Gasteiger partial charge in [0.1, 0.15) is 6.54 Å². The van der Waals surface area contributed by atoms with Crippen LogP contribution in [0.4, 0.5) is 0 Å². The number of carbonyl (C=O) groups is 1. The van der Waals surface area contributed by atoms with Gasteiger partial charge < -0.3 is 21.1 Å². The second-order valence-corrected chi connectivity index (χ2v) is 6.85. The highest BCUT2D eigenvalue weighted by atomic mass is 127. The topological polar surface area (TPSA) is 85.8 Å². The lowest BCUT2D eigenvalue weighted by molar-refractivity contribution is -0.119. The van der Waals surface area contributed by atoms with Crippen molar-refractivity contribution in [2.45, 2.75) is 40.2 Å². The number of amides is 1. The van der Waals surface area contributed by atoms with E-state index >= 15 is 0 Å². The molecule has 27 heavy (non-hydrogen) atoms. The molecule has 0 saturated carbocycles. The van der Waals surface area contributed by atoms with Gasteiger partial charge in [-0.2, -0.15) is 0 Å². The molecule has 0 aromatic heterocycles. The Hall–Kier alpha value is -1.35. The van der Waals surface area contributed by atoms with Crippen molar-refractivity contribution >= 4 is 35.8 Å². The zero-order valence-corrected chi connectivity index (χ0v) is 19.0. The number of benzene rings is 1. The van der Waals surface area contributed by atoms with Crippen LogP contribution in [0.5, 0.6) is 0 Å². The van der Waals surface area contributed by atoms with E-state index < -0.39 is 0 Å². The van der Waals surface area contributed by atoms with E-state index in [9.17, 15) is 9.90 Å². The Morgan fingerprint density at radius 1 is 1.15 bits per heavy atom. The Morgan fingerprint density at radius 2 is 1.85 bits per heavy atom. The summed E-state index contributed by atoms with van der Waals surface area (Å²) < 4.78 is 0. The molecule has 0 aliphatic heterocycles. The lowest BCUT2D eigenvalue weighted by Gasteiger charge is -2.20. The minimum absolute atomic E-state index is 0. The summed E-state index contributed by atoms with van der Waals surface area (Å²) in [5.74, 6) is 1.49. The van der Waals surface area contributed by atoms with Crippen LogP contribution in [0.1, 0.15) is 39.2 Å². The van der Waals surface area contributed by atoms with E-state index in [1.54, 1.807) is 0 Å². The van der Waals surface area contributed by atoms with Crippen LogP contribution in [0.2, 0.25) is 0 Å². The van der Waals surface area contributed by atoms with E-state index in [0.717, 1.165) is 31.5 Å². The Labute approximate surface area is 180 Å². The maximum Gasteiger partial charge on any atom is 0.242 e. The smallest absolute Gasteiger partial charge is 0.242 e. The van der Waals surface area contributed by atoms with Crippen LogP contribution >= 0.6 is 24.0 Å². The predicted molar refractivity (Wildman–Crippen MR) is 122 cm³/mol.